The fourth-order valence-electron chi connectivity index (χ4n) is 2.49. The van der Waals surface area contributed by atoms with Crippen molar-refractivity contribution in [1.82, 2.24) is 0 Å². The van der Waals surface area contributed by atoms with E-state index in [1.54, 1.807) is 0 Å². The van der Waals surface area contributed by atoms with Crippen molar-refractivity contribution < 1.29 is 0 Å². The van der Waals surface area contributed by atoms with Crippen molar-refractivity contribution in [2.45, 2.75) is 6.92 Å². The van der Waals surface area contributed by atoms with Gasteiger partial charge in [-0.15, -0.1) is 0 Å². The first-order chi connectivity index (χ1) is 11.3. The predicted octanol–water partition coefficient (Wildman–Crippen LogP) is 5.69. The van der Waals surface area contributed by atoms with Gasteiger partial charge in [-0.05, 0) is 23.6 Å². The molecule has 0 radical (unpaired) electrons. The zero-order chi connectivity index (χ0) is 15.9. The lowest BCUT2D eigenvalue weighted by Crippen LogP contribution is -1.89. The number of nitrogens with zero attached hydrogens (tertiary/aromatic N) is 1. The Hall–Kier alpha value is -2.93. The van der Waals surface area contributed by atoms with E-state index in [-0.39, 0.29) is 0 Å². The molecule has 0 saturated carbocycles. The van der Waals surface area contributed by atoms with Crippen LogP contribution >= 0.6 is 0 Å². The molecule has 0 saturated heterocycles. The summed E-state index contributed by atoms with van der Waals surface area (Å²) in [7, 11) is 0. The van der Waals surface area contributed by atoms with E-state index in [1.807, 2.05) is 48.7 Å². The van der Waals surface area contributed by atoms with E-state index in [1.165, 1.54) is 11.1 Å². The summed E-state index contributed by atoms with van der Waals surface area (Å²) in [6.45, 7) is 2.12. The van der Waals surface area contributed by atoms with Crippen LogP contribution in [0.15, 0.2) is 96.0 Å². The van der Waals surface area contributed by atoms with Crippen LogP contribution in [0.4, 0.5) is 0 Å². The van der Waals surface area contributed by atoms with E-state index in [4.69, 9.17) is 4.99 Å². The van der Waals surface area contributed by atoms with Gasteiger partial charge in [-0.25, -0.2) is 0 Å². The summed E-state index contributed by atoms with van der Waals surface area (Å²) in [5.74, 6) is 0. The van der Waals surface area contributed by atoms with Gasteiger partial charge in [0.25, 0.3) is 0 Å². The van der Waals surface area contributed by atoms with Gasteiger partial charge in [0.2, 0.25) is 0 Å². The van der Waals surface area contributed by atoms with Crippen LogP contribution in [0.25, 0.3) is 11.3 Å². The summed E-state index contributed by atoms with van der Waals surface area (Å²) in [6.07, 6.45) is 1.93. The van der Waals surface area contributed by atoms with E-state index in [2.05, 4.69) is 55.5 Å². The largest absolute Gasteiger partial charge is 0.255 e. The van der Waals surface area contributed by atoms with Crippen molar-refractivity contribution in [3.05, 3.63) is 108 Å². The Morgan fingerprint density at radius 1 is 0.652 bits per heavy atom. The molecule has 0 amide bonds. The van der Waals surface area contributed by atoms with Gasteiger partial charge in [0, 0.05) is 11.8 Å². The van der Waals surface area contributed by atoms with Crippen molar-refractivity contribution in [2.75, 3.05) is 0 Å². The Morgan fingerprint density at radius 2 is 1.13 bits per heavy atom. The maximum absolute atomic E-state index is 4.80. The van der Waals surface area contributed by atoms with Crippen molar-refractivity contribution in [2.24, 2.45) is 4.99 Å². The van der Waals surface area contributed by atoms with Crippen LogP contribution in [-0.4, -0.2) is 6.21 Å². The molecule has 112 valence electrons. The average Bonchev–Trinajstić information content (AvgIpc) is 2.64. The second-order valence-corrected chi connectivity index (χ2v) is 5.37. The molecule has 3 aromatic rings. The molecular weight excluding hydrogens is 278 g/mol. The third-order valence-corrected chi connectivity index (χ3v) is 3.75. The van der Waals surface area contributed by atoms with Crippen LogP contribution in [0.3, 0.4) is 0 Å². The van der Waals surface area contributed by atoms with Gasteiger partial charge in [0.1, 0.15) is 0 Å². The summed E-state index contributed by atoms with van der Waals surface area (Å²) in [4.78, 5) is 4.80. The molecule has 3 rings (SSSR count). The van der Waals surface area contributed by atoms with Crippen molar-refractivity contribution >= 4 is 17.5 Å². The second-order valence-electron chi connectivity index (χ2n) is 5.37. The van der Waals surface area contributed by atoms with Crippen LogP contribution < -0.4 is 0 Å². The van der Waals surface area contributed by atoms with Gasteiger partial charge in [0.05, 0.1) is 5.70 Å². The maximum Gasteiger partial charge on any atom is 0.0737 e. The van der Waals surface area contributed by atoms with Gasteiger partial charge < -0.3 is 0 Å². The first-order valence-electron chi connectivity index (χ1n) is 7.75. The summed E-state index contributed by atoms with van der Waals surface area (Å²) < 4.78 is 0. The lowest BCUT2D eigenvalue weighted by atomic mass is 10.0. The van der Waals surface area contributed by atoms with Gasteiger partial charge in [-0.1, -0.05) is 91.0 Å². The number of benzene rings is 3. The molecule has 0 N–H and O–H groups in total. The monoisotopic (exact) mass is 297 g/mol. The summed E-state index contributed by atoms with van der Waals surface area (Å²) in [5.41, 5.74) is 5.59. The standard InChI is InChI=1S/C22H19N/c1-18(20-13-7-3-8-14-20)22(21-15-9-4-10-16-21)23-17-19-11-5-2-6-12-19/h2-17H,1H3/b22-18-,23-17?. The predicted molar refractivity (Wildman–Crippen MR) is 99.4 cm³/mol. The van der Waals surface area contributed by atoms with Crippen LogP contribution in [0, 0.1) is 0 Å². The number of hydrogen-bond acceptors (Lipinski definition) is 1. The number of allylic oxidation sites excluding steroid dienone is 1. The molecule has 1 nitrogen and oxygen atoms in total. The lowest BCUT2D eigenvalue weighted by molar-refractivity contribution is 1.47. The lowest BCUT2D eigenvalue weighted by Gasteiger charge is -2.09. The maximum atomic E-state index is 4.80. The minimum atomic E-state index is 1.00. The molecule has 0 aliphatic rings. The third-order valence-electron chi connectivity index (χ3n) is 3.75. The van der Waals surface area contributed by atoms with Crippen molar-refractivity contribution in [3.8, 4) is 0 Å². The van der Waals surface area contributed by atoms with E-state index in [0.29, 0.717) is 0 Å². The topological polar surface area (TPSA) is 12.4 Å². The van der Waals surface area contributed by atoms with Gasteiger partial charge in [-0.3, -0.25) is 4.99 Å². The van der Waals surface area contributed by atoms with Crippen molar-refractivity contribution in [1.29, 1.82) is 0 Å². The highest BCUT2D eigenvalue weighted by Crippen LogP contribution is 2.27. The second kappa shape index (κ2) is 7.37. The fraction of sp³-hybridized carbons (Fsp3) is 0.0455. The van der Waals surface area contributed by atoms with Crippen molar-refractivity contribution in [3.63, 3.8) is 0 Å². The molecule has 1 heteroatoms. The molecule has 0 spiro atoms. The molecule has 0 bridgehead atoms. The summed E-state index contributed by atoms with van der Waals surface area (Å²) >= 11 is 0. The van der Waals surface area contributed by atoms with E-state index >= 15 is 0 Å². The van der Waals surface area contributed by atoms with E-state index < -0.39 is 0 Å². The van der Waals surface area contributed by atoms with Crippen LogP contribution in [-0.2, 0) is 0 Å². The molecule has 23 heavy (non-hydrogen) atoms. The zero-order valence-corrected chi connectivity index (χ0v) is 13.2. The van der Waals surface area contributed by atoms with Crippen LogP contribution in [0.2, 0.25) is 0 Å². The molecule has 3 aromatic carbocycles. The summed E-state index contributed by atoms with van der Waals surface area (Å²) in [6, 6.07) is 30.9. The molecule has 0 atom stereocenters. The smallest absolute Gasteiger partial charge is 0.0737 e. The average molecular weight is 297 g/mol. The summed E-state index contributed by atoms with van der Waals surface area (Å²) in [5, 5.41) is 0. The molecular formula is C22H19N. The van der Waals surface area contributed by atoms with Gasteiger partial charge >= 0.3 is 0 Å². The molecule has 0 aliphatic heterocycles. The number of rotatable bonds is 4. The molecule has 0 aromatic heterocycles. The Balaban J connectivity index is 2.06. The highest BCUT2D eigenvalue weighted by molar-refractivity contribution is 5.94. The highest BCUT2D eigenvalue weighted by atomic mass is 14.7. The fourth-order valence-corrected chi connectivity index (χ4v) is 2.49. The number of aliphatic imine (C=N–C) groups is 1. The number of hydrogen-bond donors (Lipinski definition) is 0. The zero-order valence-electron chi connectivity index (χ0n) is 13.2. The first-order valence-corrected chi connectivity index (χ1v) is 7.75. The highest BCUT2D eigenvalue weighted by Gasteiger charge is 2.06. The minimum absolute atomic E-state index is 1.00. The van der Waals surface area contributed by atoms with Crippen LogP contribution in [0.5, 0.6) is 0 Å². The normalized spacial score (nSPS) is 12.2. The Kier molecular flexibility index (Phi) is 4.80. The molecule has 0 heterocycles. The van der Waals surface area contributed by atoms with Gasteiger partial charge in [-0.2, -0.15) is 0 Å². The molecule has 0 unspecified atom stereocenters. The van der Waals surface area contributed by atoms with E-state index in [0.717, 1.165) is 16.8 Å². The minimum Gasteiger partial charge on any atom is -0.255 e. The quantitative estimate of drug-likeness (QED) is 0.433. The van der Waals surface area contributed by atoms with Crippen LogP contribution in [0.1, 0.15) is 23.6 Å². The third kappa shape index (κ3) is 3.83. The molecule has 0 fully saturated rings. The first kappa shape index (κ1) is 15.0. The Labute approximate surface area is 137 Å². The van der Waals surface area contributed by atoms with Gasteiger partial charge in [0.15, 0.2) is 0 Å². The Morgan fingerprint density at radius 3 is 1.70 bits per heavy atom. The van der Waals surface area contributed by atoms with E-state index in [9.17, 15) is 0 Å². The Bertz CT molecular complexity index is 800. The SMILES string of the molecule is C/C(=C(/N=Cc1ccccc1)c1ccccc1)c1ccccc1. The molecule has 0 aliphatic carbocycles.